The maximum atomic E-state index is 12.0. The van der Waals surface area contributed by atoms with Crippen LogP contribution in [0, 0.1) is 5.92 Å². The molecular formula is C15H20N2O. The van der Waals surface area contributed by atoms with Gasteiger partial charge >= 0.3 is 0 Å². The van der Waals surface area contributed by atoms with E-state index in [1.807, 2.05) is 33.0 Å². The molecule has 18 heavy (non-hydrogen) atoms. The molecule has 0 amide bonds. The molecule has 0 saturated heterocycles. The van der Waals surface area contributed by atoms with Crippen LogP contribution >= 0.6 is 0 Å². The number of hydrogen-bond acceptors (Lipinski definition) is 2. The Kier molecular flexibility index (Phi) is 3.82. The minimum absolute atomic E-state index is 0.0619. The van der Waals surface area contributed by atoms with Crippen LogP contribution in [0.3, 0.4) is 0 Å². The lowest BCUT2D eigenvalue weighted by Gasteiger charge is -2.16. The lowest BCUT2D eigenvalue weighted by molar-refractivity contribution is -0.123. The fourth-order valence-corrected chi connectivity index (χ4v) is 2.21. The van der Waals surface area contributed by atoms with Crippen molar-refractivity contribution in [2.45, 2.75) is 26.3 Å². The van der Waals surface area contributed by atoms with Crippen LogP contribution in [0.25, 0.3) is 10.9 Å². The van der Waals surface area contributed by atoms with E-state index in [-0.39, 0.29) is 17.7 Å². The standard InChI is InChI=1S/C15H20N2O/c1-10(2)15(18)14(16-3)9-12-8-11-6-4-5-7-13(11)17-12/h4-8,10,14,16-17H,9H2,1-3H3. The third kappa shape index (κ3) is 2.62. The molecule has 1 heterocycles. The number of para-hydroxylation sites is 1. The number of benzene rings is 1. The second kappa shape index (κ2) is 5.36. The molecule has 0 aliphatic rings. The normalized spacial score (nSPS) is 13.1. The fraction of sp³-hybridized carbons (Fsp3) is 0.400. The van der Waals surface area contributed by atoms with Crippen LogP contribution in [0.4, 0.5) is 0 Å². The summed E-state index contributed by atoms with van der Waals surface area (Å²) in [6.07, 6.45) is 0.711. The molecule has 1 atom stereocenters. The molecule has 1 unspecified atom stereocenters. The Morgan fingerprint density at radius 3 is 2.67 bits per heavy atom. The summed E-state index contributed by atoms with van der Waals surface area (Å²) in [7, 11) is 1.84. The van der Waals surface area contributed by atoms with Gasteiger partial charge in [0.25, 0.3) is 0 Å². The van der Waals surface area contributed by atoms with Gasteiger partial charge in [0.2, 0.25) is 0 Å². The van der Waals surface area contributed by atoms with Gasteiger partial charge in [0.1, 0.15) is 0 Å². The van der Waals surface area contributed by atoms with Gasteiger partial charge in [0.15, 0.2) is 5.78 Å². The highest BCUT2D eigenvalue weighted by atomic mass is 16.1. The van der Waals surface area contributed by atoms with Crippen LogP contribution in [-0.4, -0.2) is 23.9 Å². The van der Waals surface area contributed by atoms with E-state index in [2.05, 4.69) is 28.5 Å². The average molecular weight is 244 g/mol. The van der Waals surface area contributed by atoms with Crippen LogP contribution in [0.2, 0.25) is 0 Å². The summed E-state index contributed by atoms with van der Waals surface area (Å²) in [5, 5.41) is 4.30. The number of Topliss-reactive ketones (excluding diaryl/α,β-unsaturated/α-hetero) is 1. The molecule has 3 nitrogen and oxygen atoms in total. The minimum Gasteiger partial charge on any atom is -0.358 e. The first-order valence-corrected chi connectivity index (χ1v) is 6.39. The van der Waals surface area contributed by atoms with Gasteiger partial charge in [0.05, 0.1) is 6.04 Å². The zero-order valence-corrected chi connectivity index (χ0v) is 11.2. The van der Waals surface area contributed by atoms with Gasteiger partial charge in [-0.15, -0.1) is 0 Å². The number of likely N-dealkylation sites (N-methyl/N-ethyl adjacent to an activating group) is 1. The van der Waals surface area contributed by atoms with Crippen LogP contribution in [0.1, 0.15) is 19.5 Å². The van der Waals surface area contributed by atoms with Crippen LogP contribution < -0.4 is 5.32 Å². The monoisotopic (exact) mass is 244 g/mol. The first-order chi connectivity index (χ1) is 8.61. The minimum atomic E-state index is -0.113. The second-order valence-corrected chi connectivity index (χ2v) is 4.98. The highest BCUT2D eigenvalue weighted by Gasteiger charge is 2.20. The Labute approximate surface area is 108 Å². The molecule has 2 N–H and O–H groups in total. The molecule has 0 bridgehead atoms. The molecule has 0 spiro atoms. The lowest BCUT2D eigenvalue weighted by Crippen LogP contribution is -2.38. The molecule has 0 fully saturated rings. The van der Waals surface area contributed by atoms with Gasteiger partial charge in [-0.2, -0.15) is 0 Å². The molecule has 0 aliphatic carbocycles. The average Bonchev–Trinajstić information content (AvgIpc) is 2.77. The van der Waals surface area contributed by atoms with E-state index in [4.69, 9.17) is 0 Å². The van der Waals surface area contributed by atoms with Gasteiger partial charge < -0.3 is 10.3 Å². The molecule has 1 aromatic heterocycles. The summed E-state index contributed by atoms with van der Waals surface area (Å²) < 4.78 is 0. The van der Waals surface area contributed by atoms with Gasteiger partial charge in [-0.25, -0.2) is 0 Å². The van der Waals surface area contributed by atoms with Crippen LogP contribution in [0.15, 0.2) is 30.3 Å². The number of ketones is 1. The number of nitrogens with one attached hydrogen (secondary N) is 2. The molecule has 3 heteroatoms. The zero-order valence-electron chi connectivity index (χ0n) is 11.2. The predicted molar refractivity (Wildman–Crippen MR) is 74.7 cm³/mol. The number of carbonyl (C=O) groups excluding carboxylic acids is 1. The van der Waals surface area contributed by atoms with Crippen molar-refractivity contribution < 1.29 is 4.79 Å². The highest BCUT2D eigenvalue weighted by molar-refractivity contribution is 5.86. The van der Waals surface area contributed by atoms with Crippen molar-refractivity contribution >= 4 is 16.7 Å². The zero-order chi connectivity index (χ0) is 13.1. The SMILES string of the molecule is CNC(Cc1cc2ccccc2[nH]1)C(=O)C(C)C. The number of aromatic amines is 1. The van der Waals surface area contributed by atoms with Crippen molar-refractivity contribution in [3.8, 4) is 0 Å². The molecule has 96 valence electrons. The number of fused-ring (bicyclic) bond motifs is 1. The van der Waals surface area contributed by atoms with Crippen LogP contribution in [-0.2, 0) is 11.2 Å². The molecule has 1 aromatic carbocycles. The van der Waals surface area contributed by atoms with E-state index in [0.717, 1.165) is 11.2 Å². The Hall–Kier alpha value is -1.61. The third-order valence-electron chi connectivity index (χ3n) is 3.27. The van der Waals surface area contributed by atoms with Crippen molar-refractivity contribution in [1.82, 2.24) is 10.3 Å². The van der Waals surface area contributed by atoms with Gasteiger partial charge in [-0.1, -0.05) is 32.0 Å². The lowest BCUT2D eigenvalue weighted by atomic mass is 9.98. The number of H-pyrrole nitrogens is 1. The molecule has 0 saturated carbocycles. The summed E-state index contributed by atoms with van der Waals surface area (Å²) in [5.41, 5.74) is 2.23. The van der Waals surface area contributed by atoms with Crippen molar-refractivity contribution in [2.24, 2.45) is 5.92 Å². The van der Waals surface area contributed by atoms with Gasteiger partial charge in [-0.05, 0) is 24.6 Å². The number of rotatable bonds is 5. The van der Waals surface area contributed by atoms with E-state index in [0.29, 0.717) is 6.42 Å². The molecule has 2 rings (SSSR count). The summed E-state index contributed by atoms with van der Waals surface area (Å²) in [5.74, 6) is 0.322. The number of hydrogen-bond donors (Lipinski definition) is 2. The molecule has 0 aliphatic heterocycles. The highest BCUT2D eigenvalue weighted by Crippen LogP contribution is 2.16. The maximum absolute atomic E-state index is 12.0. The first kappa shape index (κ1) is 12.8. The van der Waals surface area contributed by atoms with Crippen molar-refractivity contribution in [3.05, 3.63) is 36.0 Å². The quantitative estimate of drug-likeness (QED) is 0.849. The summed E-state index contributed by atoms with van der Waals surface area (Å²) in [6, 6.07) is 10.2. The van der Waals surface area contributed by atoms with Crippen molar-refractivity contribution in [1.29, 1.82) is 0 Å². The summed E-state index contributed by atoms with van der Waals surface area (Å²) >= 11 is 0. The molecule has 0 radical (unpaired) electrons. The van der Waals surface area contributed by atoms with Crippen molar-refractivity contribution in [2.75, 3.05) is 7.05 Å². The van der Waals surface area contributed by atoms with E-state index < -0.39 is 0 Å². The summed E-state index contributed by atoms with van der Waals surface area (Å²) in [4.78, 5) is 15.4. The topological polar surface area (TPSA) is 44.9 Å². The number of aromatic nitrogens is 1. The maximum Gasteiger partial charge on any atom is 0.152 e. The predicted octanol–water partition coefficient (Wildman–Crippen LogP) is 2.52. The largest absolute Gasteiger partial charge is 0.358 e. The van der Waals surface area contributed by atoms with E-state index in [1.165, 1.54) is 5.39 Å². The fourth-order valence-electron chi connectivity index (χ4n) is 2.21. The van der Waals surface area contributed by atoms with E-state index in [9.17, 15) is 4.79 Å². The Bertz CT molecular complexity index is 509. The molecular weight excluding hydrogens is 224 g/mol. The van der Waals surface area contributed by atoms with Gasteiger partial charge in [-0.3, -0.25) is 4.79 Å². The third-order valence-corrected chi connectivity index (χ3v) is 3.27. The smallest absolute Gasteiger partial charge is 0.152 e. The first-order valence-electron chi connectivity index (χ1n) is 6.39. The van der Waals surface area contributed by atoms with E-state index in [1.54, 1.807) is 0 Å². The Balaban J connectivity index is 2.19. The van der Waals surface area contributed by atoms with E-state index >= 15 is 0 Å². The molecule has 2 aromatic rings. The second-order valence-electron chi connectivity index (χ2n) is 4.98. The van der Waals surface area contributed by atoms with Crippen molar-refractivity contribution in [3.63, 3.8) is 0 Å². The number of carbonyl (C=O) groups is 1. The Morgan fingerprint density at radius 2 is 2.06 bits per heavy atom. The summed E-state index contributed by atoms with van der Waals surface area (Å²) in [6.45, 7) is 3.88. The van der Waals surface area contributed by atoms with Crippen LogP contribution in [0.5, 0.6) is 0 Å². The van der Waals surface area contributed by atoms with Gasteiger partial charge in [0, 0.05) is 23.5 Å². The Morgan fingerprint density at radius 1 is 1.33 bits per heavy atom.